The van der Waals surface area contributed by atoms with Crippen LogP contribution in [0.5, 0.6) is 0 Å². The van der Waals surface area contributed by atoms with Crippen molar-refractivity contribution in [3.8, 4) is 11.4 Å². The number of carbonyl (C=O) groups is 1. The highest BCUT2D eigenvalue weighted by Crippen LogP contribution is 2.24. The molecule has 0 bridgehead atoms. The van der Waals surface area contributed by atoms with Crippen LogP contribution >= 0.6 is 0 Å². The largest absolute Gasteiger partial charge is 0.337 e. The monoisotopic (exact) mass is 394 g/mol. The summed E-state index contributed by atoms with van der Waals surface area (Å²) in [5.41, 5.74) is 2.44. The van der Waals surface area contributed by atoms with Gasteiger partial charge in [-0.1, -0.05) is 35.0 Å². The van der Waals surface area contributed by atoms with E-state index in [-0.39, 0.29) is 29.7 Å². The summed E-state index contributed by atoms with van der Waals surface area (Å²) < 4.78 is 5.35. The highest BCUT2D eigenvalue weighted by molar-refractivity contribution is 5.96. The van der Waals surface area contributed by atoms with Gasteiger partial charge >= 0.3 is 0 Å². The fourth-order valence-electron chi connectivity index (χ4n) is 3.06. The molecule has 3 rings (SSSR count). The molecule has 0 aliphatic carbocycles. The third-order valence-corrected chi connectivity index (χ3v) is 4.67. The molecule has 0 saturated heterocycles. The van der Waals surface area contributed by atoms with E-state index in [1.807, 2.05) is 45.0 Å². The van der Waals surface area contributed by atoms with E-state index >= 15 is 0 Å². The topological polar surface area (TPSA) is 102 Å². The Morgan fingerprint density at radius 1 is 1.21 bits per heavy atom. The molecular formula is C21H22N4O4. The van der Waals surface area contributed by atoms with Crippen molar-refractivity contribution in [2.24, 2.45) is 0 Å². The molecule has 8 nitrogen and oxygen atoms in total. The van der Waals surface area contributed by atoms with Gasteiger partial charge in [0.25, 0.3) is 11.6 Å². The maximum Gasteiger partial charge on any atom is 0.273 e. The molecule has 0 spiro atoms. The van der Waals surface area contributed by atoms with Crippen LogP contribution in [0.15, 0.2) is 47.0 Å². The van der Waals surface area contributed by atoms with Crippen LogP contribution in [-0.2, 0) is 6.54 Å². The van der Waals surface area contributed by atoms with Crippen molar-refractivity contribution in [2.75, 3.05) is 0 Å². The number of aryl methyl sites for hydroxylation is 1. The lowest BCUT2D eigenvalue weighted by molar-refractivity contribution is -0.385. The highest BCUT2D eigenvalue weighted by atomic mass is 16.6. The Hall–Kier alpha value is -3.55. The van der Waals surface area contributed by atoms with Gasteiger partial charge < -0.3 is 9.42 Å². The van der Waals surface area contributed by atoms with E-state index in [1.165, 1.54) is 12.1 Å². The van der Waals surface area contributed by atoms with Crippen molar-refractivity contribution in [2.45, 2.75) is 40.3 Å². The van der Waals surface area contributed by atoms with Crippen LogP contribution in [0.1, 0.15) is 41.2 Å². The van der Waals surface area contributed by atoms with Crippen molar-refractivity contribution in [1.82, 2.24) is 15.0 Å². The van der Waals surface area contributed by atoms with Gasteiger partial charge in [0.05, 0.1) is 4.92 Å². The summed E-state index contributed by atoms with van der Waals surface area (Å²) in [6, 6.07) is 12.0. The van der Waals surface area contributed by atoms with E-state index in [1.54, 1.807) is 17.9 Å². The van der Waals surface area contributed by atoms with Gasteiger partial charge in [-0.25, -0.2) is 0 Å². The van der Waals surface area contributed by atoms with Gasteiger partial charge in [-0.2, -0.15) is 4.98 Å². The Bertz CT molecular complexity index is 1060. The van der Waals surface area contributed by atoms with Crippen molar-refractivity contribution in [1.29, 1.82) is 0 Å². The first-order valence-corrected chi connectivity index (χ1v) is 9.22. The average molecular weight is 394 g/mol. The minimum Gasteiger partial charge on any atom is -0.337 e. The van der Waals surface area contributed by atoms with E-state index in [0.29, 0.717) is 17.3 Å². The van der Waals surface area contributed by atoms with Gasteiger partial charge in [0.1, 0.15) is 6.54 Å². The second-order valence-corrected chi connectivity index (χ2v) is 7.11. The summed E-state index contributed by atoms with van der Waals surface area (Å²) in [7, 11) is 0. The molecule has 0 saturated carbocycles. The molecule has 150 valence electrons. The van der Waals surface area contributed by atoms with Crippen LogP contribution in [0.4, 0.5) is 5.69 Å². The van der Waals surface area contributed by atoms with Crippen molar-refractivity contribution < 1.29 is 14.2 Å². The number of amides is 1. The van der Waals surface area contributed by atoms with Crippen LogP contribution in [0.25, 0.3) is 11.4 Å². The number of aromatic nitrogens is 2. The van der Waals surface area contributed by atoms with E-state index in [0.717, 1.165) is 11.1 Å². The van der Waals surface area contributed by atoms with E-state index in [4.69, 9.17) is 4.52 Å². The minimum absolute atomic E-state index is 0.0842. The Labute approximate surface area is 168 Å². The first kappa shape index (κ1) is 20.2. The lowest BCUT2D eigenvalue weighted by atomic mass is 10.0. The zero-order valence-corrected chi connectivity index (χ0v) is 16.7. The molecule has 2 aromatic carbocycles. The number of nitrogens with zero attached hydrogens (tertiary/aromatic N) is 4. The zero-order chi connectivity index (χ0) is 21.1. The lowest BCUT2D eigenvalue weighted by Crippen LogP contribution is -2.37. The summed E-state index contributed by atoms with van der Waals surface area (Å²) in [4.78, 5) is 29.8. The van der Waals surface area contributed by atoms with Crippen molar-refractivity contribution in [3.05, 3.63) is 75.2 Å². The molecule has 0 unspecified atom stereocenters. The first-order chi connectivity index (χ1) is 13.8. The lowest BCUT2D eigenvalue weighted by Gasteiger charge is -2.25. The standard InChI is InChI=1S/C21H22N4O4/c1-13(2)24(21(26)17-9-6-10-18(15(17)4)25(27)28)12-19-22-20(23-29-19)16-8-5-7-14(3)11-16/h5-11,13H,12H2,1-4H3. The molecule has 29 heavy (non-hydrogen) atoms. The molecule has 8 heteroatoms. The van der Waals surface area contributed by atoms with Gasteiger partial charge in [-0.3, -0.25) is 14.9 Å². The van der Waals surface area contributed by atoms with Crippen molar-refractivity contribution in [3.63, 3.8) is 0 Å². The van der Waals surface area contributed by atoms with E-state index in [9.17, 15) is 14.9 Å². The number of nitro benzene ring substituents is 1. The van der Waals surface area contributed by atoms with Crippen LogP contribution in [0.2, 0.25) is 0 Å². The van der Waals surface area contributed by atoms with Gasteiger partial charge in [0, 0.05) is 28.8 Å². The van der Waals surface area contributed by atoms with Gasteiger partial charge in [0.15, 0.2) is 0 Å². The fourth-order valence-corrected chi connectivity index (χ4v) is 3.06. The van der Waals surface area contributed by atoms with Crippen LogP contribution in [-0.4, -0.2) is 31.9 Å². The maximum absolute atomic E-state index is 13.1. The summed E-state index contributed by atoms with van der Waals surface area (Å²) >= 11 is 0. The van der Waals surface area contributed by atoms with E-state index < -0.39 is 4.92 Å². The molecule has 1 aromatic heterocycles. The average Bonchev–Trinajstić information content (AvgIpc) is 3.14. The molecule has 0 radical (unpaired) electrons. The van der Waals surface area contributed by atoms with Crippen LogP contribution < -0.4 is 0 Å². The number of rotatable bonds is 6. The van der Waals surface area contributed by atoms with Crippen LogP contribution in [0, 0.1) is 24.0 Å². The zero-order valence-electron chi connectivity index (χ0n) is 16.7. The maximum atomic E-state index is 13.1. The Morgan fingerprint density at radius 2 is 1.93 bits per heavy atom. The number of carbonyl (C=O) groups excluding carboxylic acids is 1. The molecule has 0 fully saturated rings. The normalized spacial score (nSPS) is 10.9. The quantitative estimate of drug-likeness (QED) is 0.456. The Kier molecular flexibility index (Phi) is 5.72. The van der Waals surface area contributed by atoms with Crippen LogP contribution in [0.3, 0.4) is 0 Å². The first-order valence-electron chi connectivity index (χ1n) is 9.22. The molecule has 0 atom stereocenters. The molecular weight excluding hydrogens is 372 g/mol. The van der Waals surface area contributed by atoms with Gasteiger partial charge in [-0.05, 0) is 39.8 Å². The summed E-state index contributed by atoms with van der Waals surface area (Å²) in [5, 5.41) is 15.2. The van der Waals surface area contributed by atoms with Gasteiger partial charge in [-0.15, -0.1) is 0 Å². The van der Waals surface area contributed by atoms with Crippen molar-refractivity contribution >= 4 is 11.6 Å². The summed E-state index contributed by atoms with van der Waals surface area (Å²) in [6.45, 7) is 7.39. The minimum atomic E-state index is -0.488. The van der Waals surface area contributed by atoms with Gasteiger partial charge in [0.2, 0.25) is 11.7 Å². The second-order valence-electron chi connectivity index (χ2n) is 7.11. The predicted molar refractivity (Wildman–Crippen MR) is 107 cm³/mol. The molecule has 3 aromatic rings. The third kappa shape index (κ3) is 4.31. The summed E-state index contributed by atoms with van der Waals surface area (Å²) in [5.74, 6) is 0.425. The second kappa shape index (κ2) is 8.22. The highest BCUT2D eigenvalue weighted by Gasteiger charge is 2.26. The fraction of sp³-hybridized carbons (Fsp3) is 0.286. The molecule has 0 N–H and O–H groups in total. The predicted octanol–water partition coefficient (Wildman–Crippen LogP) is 4.31. The molecule has 0 aliphatic rings. The Morgan fingerprint density at radius 3 is 2.59 bits per heavy atom. The molecule has 1 amide bonds. The molecule has 0 aliphatic heterocycles. The van der Waals surface area contributed by atoms with E-state index in [2.05, 4.69) is 10.1 Å². The number of nitro groups is 1. The summed E-state index contributed by atoms with van der Waals surface area (Å²) in [6.07, 6.45) is 0. The number of hydrogen-bond acceptors (Lipinski definition) is 6. The SMILES string of the molecule is Cc1cccc(-c2noc(CN(C(=O)c3cccc([N+](=O)[O-])c3C)C(C)C)n2)c1. The molecule has 1 heterocycles. The smallest absolute Gasteiger partial charge is 0.273 e. The Balaban J connectivity index is 1.87. The number of hydrogen-bond donors (Lipinski definition) is 0. The third-order valence-electron chi connectivity index (χ3n) is 4.67. The number of benzene rings is 2.